The molecular formula is C12H16F3N3. The van der Waals surface area contributed by atoms with Gasteiger partial charge in [-0.1, -0.05) is 0 Å². The monoisotopic (exact) mass is 259 g/mol. The second-order valence-electron chi connectivity index (χ2n) is 4.83. The van der Waals surface area contributed by atoms with Crippen molar-refractivity contribution in [2.75, 3.05) is 17.7 Å². The van der Waals surface area contributed by atoms with Crippen molar-refractivity contribution >= 4 is 11.6 Å². The smallest absolute Gasteiger partial charge is 0.384 e. The Kier molecular flexibility index (Phi) is 3.12. The maximum atomic E-state index is 12.7. The predicted molar refractivity (Wildman–Crippen MR) is 64.2 cm³/mol. The molecule has 2 N–H and O–H groups in total. The molecule has 2 rings (SSSR count). The summed E-state index contributed by atoms with van der Waals surface area (Å²) < 4.78 is 38.0. The van der Waals surface area contributed by atoms with E-state index in [1.165, 1.54) is 0 Å². The summed E-state index contributed by atoms with van der Waals surface area (Å²) in [5.74, 6) is 0.726. The van der Waals surface area contributed by atoms with Crippen LogP contribution in [-0.4, -0.2) is 18.1 Å². The summed E-state index contributed by atoms with van der Waals surface area (Å²) in [7, 11) is 1.75. The molecule has 100 valence electrons. The van der Waals surface area contributed by atoms with Crippen molar-refractivity contribution < 1.29 is 13.2 Å². The summed E-state index contributed by atoms with van der Waals surface area (Å²) in [5, 5.41) is 0. The molecule has 0 spiro atoms. The van der Waals surface area contributed by atoms with Gasteiger partial charge in [0.05, 0.1) is 5.56 Å². The molecule has 1 unspecified atom stereocenters. The summed E-state index contributed by atoms with van der Waals surface area (Å²) >= 11 is 0. The molecule has 1 aromatic heterocycles. The van der Waals surface area contributed by atoms with Crippen LogP contribution in [0.3, 0.4) is 0 Å². The molecule has 0 amide bonds. The minimum absolute atomic E-state index is 0.102. The first-order valence-corrected chi connectivity index (χ1v) is 5.86. The van der Waals surface area contributed by atoms with Gasteiger partial charge in [0.15, 0.2) is 0 Å². The summed E-state index contributed by atoms with van der Waals surface area (Å²) in [6, 6.07) is 2.09. The van der Waals surface area contributed by atoms with Crippen molar-refractivity contribution in [1.29, 1.82) is 0 Å². The molecule has 1 aliphatic carbocycles. The van der Waals surface area contributed by atoms with Gasteiger partial charge in [-0.25, -0.2) is 4.98 Å². The van der Waals surface area contributed by atoms with Crippen LogP contribution in [-0.2, 0) is 6.18 Å². The number of halogens is 3. The van der Waals surface area contributed by atoms with E-state index in [1.54, 1.807) is 11.9 Å². The van der Waals surface area contributed by atoms with Crippen LogP contribution in [0, 0.1) is 5.92 Å². The van der Waals surface area contributed by atoms with E-state index in [1.807, 2.05) is 6.92 Å². The SMILES string of the molecule is CC(C1CC1)N(C)c1cc(C(F)(F)F)cc(N)n1. The average molecular weight is 259 g/mol. The Morgan fingerprint density at radius 1 is 1.39 bits per heavy atom. The van der Waals surface area contributed by atoms with Crippen LogP contribution in [0.1, 0.15) is 25.3 Å². The van der Waals surface area contributed by atoms with Crippen molar-refractivity contribution in [2.45, 2.75) is 32.0 Å². The van der Waals surface area contributed by atoms with Crippen LogP contribution in [0.5, 0.6) is 0 Å². The second kappa shape index (κ2) is 4.33. The van der Waals surface area contributed by atoms with Crippen LogP contribution in [0.15, 0.2) is 12.1 Å². The molecule has 6 heteroatoms. The Bertz CT molecular complexity index is 441. The number of pyridine rings is 1. The third-order valence-corrected chi connectivity index (χ3v) is 3.44. The van der Waals surface area contributed by atoms with Gasteiger partial charge in [-0.05, 0) is 37.8 Å². The number of hydrogen-bond donors (Lipinski definition) is 1. The first-order chi connectivity index (χ1) is 8.29. The third-order valence-electron chi connectivity index (χ3n) is 3.44. The molecule has 1 aliphatic rings. The van der Waals surface area contributed by atoms with Crippen LogP contribution in [0.4, 0.5) is 24.8 Å². The first kappa shape index (κ1) is 13.0. The Hall–Kier alpha value is -1.46. The Balaban J connectivity index is 2.29. The van der Waals surface area contributed by atoms with Gasteiger partial charge in [-0.15, -0.1) is 0 Å². The molecular weight excluding hydrogens is 243 g/mol. The number of anilines is 2. The summed E-state index contributed by atoms with van der Waals surface area (Å²) in [5.41, 5.74) is 4.70. The van der Waals surface area contributed by atoms with Crippen molar-refractivity contribution in [1.82, 2.24) is 4.98 Å². The van der Waals surface area contributed by atoms with E-state index in [9.17, 15) is 13.2 Å². The van der Waals surface area contributed by atoms with E-state index in [4.69, 9.17) is 5.73 Å². The van der Waals surface area contributed by atoms with Crippen LogP contribution in [0.25, 0.3) is 0 Å². The van der Waals surface area contributed by atoms with Gasteiger partial charge in [0, 0.05) is 13.1 Å². The minimum Gasteiger partial charge on any atom is -0.384 e. The Morgan fingerprint density at radius 2 is 2.00 bits per heavy atom. The Morgan fingerprint density at radius 3 is 2.50 bits per heavy atom. The van der Waals surface area contributed by atoms with E-state index in [-0.39, 0.29) is 17.7 Å². The van der Waals surface area contributed by atoms with E-state index < -0.39 is 11.7 Å². The van der Waals surface area contributed by atoms with E-state index in [2.05, 4.69) is 4.98 Å². The molecule has 1 fully saturated rings. The van der Waals surface area contributed by atoms with Crippen LogP contribution in [0.2, 0.25) is 0 Å². The standard InChI is InChI=1S/C12H16F3N3/c1-7(8-3-4-8)18(2)11-6-9(12(13,14)15)5-10(16)17-11/h5-8H,3-4H2,1-2H3,(H2,16,17). The topological polar surface area (TPSA) is 42.1 Å². The zero-order valence-corrected chi connectivity index (χ0v) is 10.3. The molecule has 18 heavy (non-hydrogen) atoms. The van der Waals surface area contributed by atoms with Gasteiger partial charge in [0.1, 0.15) is 11.6 Å². The highest BCUT2D eigenvalue weighted by atomic mass is 19.4. The van der Waals surface area contributed by atoms with Gasteiger partial charge in [0.2, 0.25) is 0 Å². The van der Waals surface area contributed by atoms with Gasteiger partial charge >= 0.3 is 6.18 Å². The number of aromatic nitrogens is 1. The third kappa shape index (κ3) is 2.68. The number of hydrogen-bond acceptors (Lipinski definition) is 3. The largest absolute Gasteiger partial charge is 0.416 e. The number of nitrogens with zero attached hydrogens (tertiary/aromatic N) is 2. The maximum absolute atomic E-state index is 12.7. The van der Waals surface area contributed by atoms with Gasteiger partial charge in [-0.3, -0.25) is 0 Å². The molecule has 1 aromatic rings. The lowest BCUT2D eigenvalue weighted by Gasteiger charge is -2.26. The number of nitrogens with two attached hydrogens (primary N) is 1. The Labute approximate surface area is 104 Å². The molecule has 1 saturated carbocycles. The van der Waals surface area contributed by atoms with Crippen molar-refractivity contribution in [3.63, 3.8) is 0 Å². The van der Waals surface area contributed by atoms with Crippen molar-refractivity contribution in [3.8, 4) is 0 Å². The second-order valence-corrected chi connectivity index (χ2v) is 4.83. The normalized spacial score (nSPS) is 17.6. The van der Waals surface area contributed by atoms with Gasteiger partial charge in [-0.2, -0.15) is 13.2 Å². The highest BCUT2D eigenvalue weighted by Gasteiger charge is 2.34. The molecule has 1 atom stereocenters. The van der Waals surface area contributed by atoms with Crippen molar-refractivity contribution in [2.24, 2.45) is 5.92 Å². The van der Waals surface area contributed by atoms with E-state index >= 15 is 0 Å². The fourth-order valence-corrected chi connectivity index (χ4v) is 1.98. The van der Waals surface area contributed by atoms with E-state index in [0.717, 1.165) is 25.0 Å². The lowest BCUT2D eigenvalue weighted by molar-refractivity contribution is -0.137. The number of alkyl halides is 3. The molecule has 0 saturated heterocycles. The summed E-state index contributed by atoms with van der Waals surface area (Å²) in [6.45, 7) is 2.00. The predicted octanol–water partition coefficient (Wildman–Crippen LogP) is 2.92. The molecule has 1 heterocycles. The number of rotatable bonds is 3. The van der Waals surface area contributed by atoms with Crippen LogP contribution < -0.4 is 10.6 Å². The van der Waals surface area contributed by atoms with Gasteiger partial charge in [0.25, 0.3) is 0 Å². The number of nitrogen functional groups attached to an aromatic ring is 1. The molecule has 0 radical (unpaired) electrons. The zero-order chi connectivity index (χ0) is 13.5. The molecule has 0 bridgehead atoms. The molecule has 3 nitrogen and oxygen atoms in total. The lowest BCUT2D eigenvalue weighted by atomic mass is 10.1. The quantitative estimate of drug-likeness (QED) is 0.907. The summed E-state index contributed by atoms with van der Waals surface area (Å²) in [4.78, 5) is 5.75. The lowest BCUT2D eigenvalue weighted by Crippen LogP contribution is -2.31. The van der Waals surface area contributed by atoms with Gasteiger partial charge < -0.3 is 10.6 Å². The van der Waals surface area contributed by atoms with Crippen molar-refractivity contribution in [3.05, 3.63) is 17.7 Å². The minimum atomic E-state index is -4.39. The average Bonchev–Trinajstić information content (AvgIpc) is 3.08. The zero-order valence-electron chi connectivity index (χ0n) is 10.3. The molecule has 0 aromatic carbocycles. The summed E-state index contributed by atoms with van der Waals surface area (Å²) in [6.07, 6.45) is -2.14. The van der Waals surface area contributed by atoms with E-state index in [0.29, 0.717) is 5.92 Å². The highest BCUT2D eigenvalue weighted by molar-refractivity contribution is 5.49. The fourth-order valence-electron chi connectivity index (χ4n) is 1.98. The van der Waals surface area contributed by atoms with Crippen LogP contribution >= 0.6 is 0 Å². The fraction of sp³-hybridized carbons (Fsp3) is 0.583. The highest BCUT2D eigenvalue weighted by Crippen LogP contribution is 2.37. The molecule has 0 aliphatic heterocycles. The maximum Gasteiger partial charge on any atom is 0.416 e. The first-order valence-electron chi connectivity index (χ1n) is 5.86.